The van der Waals surface area contributed by atoms with E-state index >= 15 is 0 Å². The van der Waals surface area contributed by atoms with Crippen LogP contribution >= 0.6 is 11.8 Å². The van der Waals surface area contributed by atoms with Crippen LogP contribution in [-0.2, 0) is 12.0 Å². The maximum absolute atomic E-state index is 5.79. The third-order valence-electron chi connectivity index (χ3n) is 3.51. The Morgan fingerprint density at radius 3 is 2.91 bits per heavy atom. The molecule has 0 spiro atoms. The molecule has 1 saturated heterocycles. The normalized spacial score (nSPS) is 20.0. The van der Waals surface area contributed by atoms with Crippen LogP contribution in [0, 0.1) is 0 Å². The molecule has 0 saturated carbocycles. The first kappa shape index (κ1) is 17.2. The van der Waals surface area contributed by atoms with Crippen LogP contribution in [0.3, 0.4) is 0 Å². The summed E-state index contributed by atoms with van der Waals surface area (Å²) in [4.78, 5) is 8.93. The zero-order chi connectivity index (χ0) is 16.0. The van der Waals surface area contributed by atoms with E-state index in [9.17, 15) is 0 Å². The number of hydrogen-bond acceptors (Lipinski definition) is 4. The zero-order valence-electron chi connectivity index (χ0n) is 14.1. The molecule has 1 fully saturated rings. The first-order valence-corrected chi connectivity index (χ1v) is 9.22. The SMILES string of the molecule is CCNC(=NCc1ncc(C(C)(C)C)o1)NC1CCCSC1. The topological polar surface area (TPSA) is 62.5 Å². The molecule has 2 rings (SSSR count). The number of hydrogen-bond donors (Lipinski definition) is 2. The van der Waals surface area contributed by atoms with Crippen LogP contribution in [0.4, 0.5) is 0 Å². The third-order valence-corrected chi connectivity index (χ3v) is 4.73. The Balaban J connectivity index is 1.95. The predicted molar refractivity (Wildman–Crippen MR) is 93.5 cm³/mol. The van der Waals surface area contributed by atoms with Gasteiger partial charge in [-0.05, 0) is 25.5 Å². The second kappa shape index (κ2) is 7.90. The van der Waals surface area contributed by atoms with Crippen molar-refractivity contribution >= 4 is 17.7 Å². The van der Waals surface area contributed by atoms with Crippen molar-refractivity contribution in [1.82, 2.24) is 15.6 Å². The fourth-order valence-electron chi connectivity index (χ4n) is 2.24. The maximum Gasteiger partial charge on any atom is 0.216 e. The molecule has 22 heavy (non-hydrogen) atoms. The molecule has 0 radical (unpaired) electrons. The van der Waals surface area contributed by atoms with E-state index in [4.69, 9.17) is 4.42 Å². The molecule has 0 bridgehead atoms. The summed E-state index contributed by atoms with van der Waals surface area (Å²) in [5.41, 5.74) is -0.0168. The van der Waals surface area contributed by atoms with Gasteiger partial charge in [-0.2, -0.15) is 11.8 Å². The van der Waals surface area contributed by atoms with Gasteiger partial charge in [0.05, 0.1) is 6.20 Å². The molecule has 1 unspecified atom stereocenters. The Morgan fingerprint density at radius 2 is 2.32 bits per heavy atom. The van der Waals surface area contributed by atoms with Crippen molar-refractivity contribution in [1.29, 1.82) is 0 Å². The monoisotopic (exact) mass is 324 g/mol. The minimum absolute atomic E-state index is 0.0168. The van der Waals surface area contributed by atoms with Crippen LogP contribution in [0.2, 0.25) is 0 Å². The van der Waals surface area contributed by atoms with Gasteiger partial charge in [-0.1, -0.05) is 20.8 Å². The Labute approximate surface area is 137 Å². The van der Waals surface area contributed by atoms with E-state index in [1.54, 1.807) is 0 Å². The second-order valence-corrected chi connectivity index (χ2v) is 7.77. The Morgan fingerprint density at radius 1 is 1.50 bits per heavy atom. The molecule has 6 heteroatoms. The van der Waals surface area contributed by atoms with Gasteiger partial charge in [0.2, 0.25) is 5.89 Å². The number of aliphatic imine (C=N–C) groups is 1. The molecule has 1 aromatic rings. The van der Waals surface area contributed by atoms with Crippen molar-refractivity contribution in [2.75, 3.05) is 18.1 Å². The lowest BCUT2D eigenvalue weighted by atomic mass is 9.94. The Hall–Kier alpha value is -1.17. The van der Waals surface area contributed by atoms with Crippen molar-refractivity contribution in [3.8, 4) is 0 Å². The number of guanidine groups is 1. The fourth-order valence-corrected chi connectivity index (χ4v) is 3.32. The number of thioether (sulfide) groups is 1. The quantitative estimate of drug-likeness (QED) is 0.658. The summed E-state index contributed by atoms with van der Waals surface area (Å²) in [6, 6.07) is 0.506. The molecule has 124 valence electrons. The van der Waals surface area contributed by atoms with Crippen molar-refractivity contribution in [3.63, 3.8) is 0 Å². The molecular formula is C16H28N4OS. The van der Waals surface area contributed by atoms with Crippen molar-refractivity contribution in [2.24, 2.45) is 4.99 Å². The van der Waals surface area contributed by atoms with Crippen LogP contribution in [0.15, 0.2) is 15.6 Å². The van der Waals surface area contributed by atoms with E-state index in [2.05, 4.69) is 48.3 Å². The number of aromatic nitrogens is 1. The summed E-state index contributed by atoms with van der Waals surface area (Å²) >= 11 is 2.01. The molecule has 0 aromatic carbocycles. The molecule has 1 aromatic heterocycles. The van der Waals surface area contributed by atoms with Crippen LogP contribution in [0.25, 0.3) is 0 Å². The van der Waals surface area contributed by atoms with Gasteiger partial charge in [0, 0.05) is 23.8 Å². The average molecular weight is 324 g/mol. The van der Waals surface area contributed by atoms with Gasteiger partial charge in [0.25, 0.3) is 0 Å². The minimum atomic E-state index is -0.0168. The summed E-state index contributed by atoms with van der Waals surface area (Å²) in [7, 11) is 0. The van der Waals surface area contributed by atoms with E-state index in [-0.39, 0.29) is 5.41 Å². The van der Waals surface area contributed by atoms with Gasteiger partial charge in [-0.15, -0.1) is 0 Å². The Kier molecular flexibility index (Phi) is 6.17. The predicted octanol–water partition coefficient (Wildman–Crippen LogP) is 2.92. The van der Waals surface area contributed by atoms with Gasteiger partial charge < -0.3 is 15.1 Å². The van der Waals surface area contributed by atoms with Gasteiger partial charge in [0.1, 0.15) is 12.3 Å². The third kappa shape index (κ3) is 5.23. The molecule has 2 N–H and O–H groups in total. The average Bonchev–Trinajstić information content (AvgIpc) is 2.95. The van der Waals surface area contributed by atoms with Crippen LogP contribution in [-0.4, -0.2) is 35.0 Å². The van der Waals surface area contributed by atoms with E-state index in [0.717, 1.165) is 24.0 Å². The zero-order valence-corrected chi connectivity index (χ0v) is 14.9. The molecule has 1 aliphatic rings. The second-order valence-electron chi connectivity index (χ2n) is 6.62. The van der Waals surface area contributed by atoms with Gasteiger partial charge >= 0.3 is 0 Å². The van der Waals surface area contributed by atoms with Gasteiger partial charge in [0.15, 0.2) is 5.96 Å². The van der Waals surface area contributed by atoms with Crippen molar-refractivity contribution in [2.45, 2.75) is 58.5 Å². The summed E-state index contributed by atoms with van der Waals surface area (Å²) in [5, 5.41) is 6.81. The molecule has 0 amide bonds. The summed E-state index contributed by atoms with van der Waals surface area (Å²) in [6.45, 7) is 9.75. The standard InChI is InChI=1S/C16H28N4OS/c1-5-17-15(20-12-7-6-8-22-11-12)19-10-14-18-9-13(21-14)16(2,3)4/h9,12H,5-8,10-11H2,1-4H3,(H2,17,19,20). The van der Waals surface area contributed by atoms with Crippen LogP contribution < -0.4 is 10.6 Å². The first-order valence-electron chi connectivity index (χ1n) is 8.07. The van der Waals surface area contributed by atoms with E-state index in [1.807, 2.05) is 18.0 Å². The first-order chi connectivity index (χ1) is 10.5. The van der Waals surface area contributed by atoms with Crippen molar-refractivity contribution in [3.05, 3.63) is 17.8 Å². The summed E-state index contributed by atoms with van der Waals surface area (Å²) in [5.74, 6) is 4.85. The largest absolute Gasteiger partial charge is 0.443 e. The summed E-state index contributed by atoms with van der Waals surface area (Å²) in [6.07, 6.45) is 4.30. The highest BCUT2D eigenvalue weighted by Crippen LogP contribution is 2.22. The number of nitrogens with one attached hydrogen (secondary N) is 2. The van der Waals surface area contributed by atoms with Crippen LogP contribution in [0.1, 0.15) is 52.2 Å². The minimum Gasteiger partial charge on any atom is -0.443 e. The van der Waals surface area contributed by atoms with Gasteiger partial charge in [-0.25, -0.2) is 9.98 Å². The molecule has 0 aliphatic carbocycles. The highest BCUT2D eigenvalue weighted by molar-refractivity contribution is 7.99. The molecule has 1 aliphatic heterocycles. The lowest BCUT2D eigenvalue weighted by Gasteiger charge is -2.24. The molecule has 5 nitrogen and oxygen atoms in total. The number of oxazole rings is 1. The van der Waals surface area contributed by atoms with Crippen LogP contribution in [0.5, 0.6) is 0 Å². The highest BCUT2D eigenvalue weighted by Gasteiger charge is 2.19. The van der Waals surface area contributed by atoms with E-state index in [0.29, 0.717) is 18.5 Å². The summed E-state index contributed by atoms with van der Waals surface area (Å²) < 4.78 is 5.79. The molecule has 2 heterocycles. The molecule has 1 atom stereocenters. The number of rotatable bonds is 4. The van der Waals surface area contributed by atoms with Crippen molar-refractivity contribution < 1.29 is 4.42 Å². The fraction of sp³-hybridized carbons (Fsp3) is 0.750. The van der Waals surface area contributed by atoms with Gasteiger partial charge in [-0.3, -0.25) is 0 Å². The Bertz CT molecular complexity index is 487. The maximum atomic E-state index is 5.79. The highest BCUT2D eigenvalue weighted by atomic mass is 32.2. The smallest absolute Gasteiger partial charge is 0.216 e. The lowest BCUT2D eigenvalue weighted by molar-refractivity contribution is 0.383. The number of nitrogens with zero attached hydrogens (tertiary/aromatic N) is 2. The van der Waals surface area contributed by atoms with E-state index < -0.39 is 0 Å². The van der Waals surface area contributed by atoms with E-state index in [1.165, 1.54) is 18.6 Å². The lowest BCUT2D eigenvalue weighted by Crippen LogP contribution is -2.45. The molecular weight excluding hydrogens is 296 g/mol.